The van der Waals surface area contributed by atoms with Crippen LogP contribution in [0, 0.1) is 6.92 Å². The van der Waals surface area contributed by atoms with Crippen LogP contribution < -0.4 is 4.74 Å². The lowest BCUT2D eigenvalue weighted by Gasteiger charge is -2.10. The van der Waals surface area contributed by atoms with Crippen LogP contribution in [0.2, 0.25) is 5.02 Å². The summed E-state index contributed by atoms with van der Waals surface area (Å²) < 4.78 is 5.66. The molecule has 0 heterocycles. The van der Waals surface area contributed by atoms with Crippen LogP contribution in [0.25, 0.3) is 0 Å². The molecule has 3 heteroatoms. The zero-order chi connectivity index (χ0) is 12.3. The van der Waals surface area contributed by atoms with E-state index in [1.807, 2.05) is 31.2 Å². The number of aryl methyl sites for hydroxylation is 1. The summed E-state index contributed by atoms with van der Waals surface area (Å²) in [6.45, 7) is 2.31. The molecule has 0 fully saturated rings. The van der Waals surface area contributed by atoms with Gasteiger partial charge in [-0.15, -0.1) is 0 Å². The molecule has 0 aliphatic rings. The van der Waals surface area contributed by atoms with Gasteiger partial charge in [0.05, 0.1) is 0 Å². The van der Waals surface area contributed by atoms with E-state index >= 15 is 0 Å². The van der Waals surface area contributed by atoms with E-state index < -0.39 is 0 Å². The molecule has 2 aromatic rings. The summed E-state index contributed by atoms with van der Waals surface area (Å²) in [6, 6.07) is 12.6. The Balaban J connectivity index is 2.10. The van der Waals surface area contributed by atoms with Crippen molar-refractivity contribution < 1.29 is 9.84 Å². The largest absolute Gasteiger partial charge is 0.508 e. The van der Waals surface area contributed by atoms with Gasteiger partial charge in [-0.1, -0.05) is 29.8 Å². The molecule has 0 saturated heterocycles. The fourth-order valence-corrected chi connectivity index (χ4v) is 1.76. The first-order valence-corrected chi connectivity index (χ1v) is 5.70. The lowest BCUT2D eigenvalue weighted by Crippen LogP contribution is -1.97. The second-order valence-corrected chi connectivity index (χ2v) is 4.24. The standard InChI is InChI=1S/C14H13ClO2/c1-10-8-12(16)6-7-14(10)17-9-11-4-2-3-5-13(11)15/h2-8,16H,9H2,1H3. The third kappa shape index (κ3) is 2.92. The summed E-state index contributed by atoms with van der Waals surface area (Å²) in [4.78, 5) is 0. The fourth-order valence-electron chi connectivity index (χ4n) is 1.57. The van der Waals surface area contributed by atoms with Crippen molar-refractivity contribution in [2.45, 2.75) is 13.5 Å². The van der Waals surface area contributed by atoms with Crippen LogP contribution in [-0.4, -0.2) is 5.11 Å². The maximum Gasteiger partial charge on any atom is 0.122 e. The maximum atomic E-state index is 9.29. The molecule has 2 nitrogen and oxygen atoms in total. The first-order chi connectivity index (χ1) is 8.16. The van der Waals surface area contributed by atoms with Gasteiger partial charge in [-0.05, 0) is 36.8 Å². The van der Waals surface area contributed by atoms with Crippen LogP contribution in [0.4, 0.5) is 0 Å². The van der Waals surface area contributed by atoms with Gasteiger partial charge in [0.15, 0.2) is 0 Å². The predicted octanol–water partition coefficient (Wildman–Crippen LogP) is 3.93. The van der Waals surface area contributed by atoms with E-state index in [0.717, 1.165) is 16.9 Å². The minimum Gasteiger partial charge on any atom is -0.508 e. The van der Waals surface area contributed by atoms with Crippen molar-refractivity contribution in [2.75, 3.05) is 0 Å². The van der Waals surface area contributed by atoms with Gasteiger partial charge >= 0.3 is 0 Å². The van der Waals surface area contributed by atoms with Crippen LogP contribution in [0.3, 0.4) is 0 Å². The topological polar surface area (TPSA) is 29.5 Å². The van der Waals surface area contributed by atoms with Crippen LogP contribution in [0.15, 0.2) is 42.5 Å². The lowest BCUT2D eigenvalue weighted by atomic mass is 10.2. The number of benzene rings is 2. The highest BCUT2D eigenvalue weighted by Crippen LogP contribution is 2.24. The van der Waals surface area contributed by atoms with Gasteiger partial charge in [-0.2, -0.15) is 0 Å². The van der Waals surface area contributed by atoms with Gasteiger partial charge in [-0.3, -0.25) is 0 Å². The number of hydrogen-bond donors (Lipinski definition) is 1. The summed E-state index contributed by atoms with van der Waals surface area (Å²) in [5, 5.41) is 9.99. The van der Waals surface area contributed by atoms with Gasteiger partial charge < -0.3 is 9.84 Å². The molecule has 0 aliphatic carbocycles. The molecular formula is C14H13ClO2. The molecule has 0 spiro atoms. The van der Waals surface area contributed by atoms with Crippen LogP contribution in [0.5, 0.6) is 11.5 Å². The van der Waals surface area contributed by atoms with Gasteiger partial charge in [0.2, 0.25) is 0 Å². The number of rotatable bonds is 3. The minimum atomic E-state index is 0.243. The molecule has 0 saturated carbocycles. The van der Waals surface area contributed by atoms with Gasteiger partial charge in [0.25, 0.3) is 0 Å². The van der Waals surface area contributed by atoms with Crippen LogP contribution >= 0.6 is 11.6 Å². The molecule has 0 unspecified atom stereocenters. The Hall–Kier alpha value is -1.67. The van der Waals surface area contributed by atoms with Crippen molar-refractivity contribution in [3.8, 4) is 11.5 Å². The summed E-state index contributed by atoms with van der Waals surface area (Å²) in [5.74, 6) is 0.996. The summed E-state index contributed by atoms with van der Waals surface area (Å²) in [5.41, 5.74) is 1.85. The number of ether oxygens (including phenoxy) is 1. The number of aromatic hydroxyl groups is 1. The van der Waals surface area contributed by atoms with E-state index in [4.69, 9.17) is 16.3 Å². The molecule has 0 bridgehead atoms. The van der Waals surface area contributed by atoms with Crippen molar-refractivity contribution in [1.29, 1.82) is 0 Å². The first kappa shape index (κ1) is 11.8. The molecule has 2 rings (SSSR count). The SMILES string of the molecule is Cc1cc(O)ccc1OCc1ccccc1Cl. The Bertz CT molecular complexity index is 523. The number of phenolic OH excluding ortho intramolecular Hbond substituents is 1. The van der Waals surface area contributed by atoms with E-state index in [2.05, 4.69) is 0 Å². The summed E-state index contributed by atoms with van der Waals surface area (Å²) in [7, 11) is 0. The zero-order valence-corrected chi connectivity index (χ0v) is 10.2. The minimum absolute atomic E-state index is 0.243. The second kappa shape index (κ2) is 5.11. The molecule has 0 atom stereocenters. The maximum absolute atomic E-state index is 9.29. The Morgan fingerprint density at radius 2 is 1.94 bits per heavy atom. The van der Waals surface area contributed by atoms with Crippen molar-refractivity contribution in [3.63, 3.8) is 0 Å². The Labute approximate surface area is 105 Å². The smallest absolute Gasteiger partial charge is 0.122 e. The highest BCUT2D eigenvalue weighted by atomic mass is 35.5. The molecule has 0 radical (unpaired) electrons. The number of phenols is 1. The zero-order valence-electron chi connectivity index (χ0n) is 9.48. The van der Waals surface area contributed by atoms with Gasteiger partial charge in [0, 0.05) is 10.6 Å². The van der Waals surface area contributed by atoms with Crippen molar-refractivity contribution in [1.82, 2.24) is 0 Å². The molecular weight excluding hydrogens is 236 g/mol. The van der Waals surface area contributed by atoms with E-state index in [-0.39, 0.29) is 5.75 Å². The molecule has 0 amide bonds. The number of hydrogen-bond acceptors (Lipinski definition) is 2. The Kier molecular flexibility index (Phi) is 3.55. The Morgan fingerprint density at radius 1 is 1.18 bits per heavy atom. The first-order valence-electron chi connectivity index (χ1n) is 5.32. The number of halogens is 1. The third-order valence-corrected chi connectivity index (χ3v) is 2.87. The molecule has 2 aromatic carbocycles. The summed E-state index contributed by atoms with van der Waals surface area (Å²) >= 11 is 6.04. The van der Waals surface area contributed by atoms with E-state index in [0.29, 0.717) is 11.6 Å². The fraction of sp³-hybridized carbons (Fsp3) is 0.143. The van der Waals surface area contributed by atoms with Gasteiger partial charge in [0.1, 0.15) is 18.1 Å². The average Bonchev–Trinajstić information content (AvgIpc) is 2.30. The highest BCUT2D eigenvalue weighted by molar-refractivity contribution is 6.31. The van der Waals surface area contributed by atoms with Crippen LogP contribution in [0.1, 0.15) is 11.1 Å². The summed E-state index contributed by atoms with van der Waals surface area (Å²) in [6.07, 6.45) is 0. The van der Waals surface area contributed by atoms with Crippen molar-refractivity contribution in [2.24, 2.45) is 0 Å². The second-order valence-electron chi connectivity index (χ2n) is 3.83. The highest BCUT2D eigenvalue weighted by Gasteiger charge is 2.03. The molecule has 1 N–H and O–H groups in total. The van der Waals surface area contributed by atoms with E-state index in [1.54, 1.807) is 18.2 Å². The average molecular weight is 249 g/mol. The van der Waals surface area contributed by atoms with E-state index in [1.165, 1.54) is 0 Å². The Morgan fingerprint density at radius 3 is 2.65 bits per heavy atom. The van der Waals surface area contributed by atoms with Crippen LogP contribution in [-0.2, 0) is 6.61 Å². The van der Waals surface area contributed by atoms with Gasteiger partial charge in [-0.25, -0.2) is 0 Å². The van der Waals surface area contributed by atoms with Crippen molar-refractivity contribution in [3.05, 3.63) is 58.6 Å². The molecule has 17 heavy (non-hydrogen) atoms. The quantitative estimate of drug-likeness (QED) is 0.892. The molecule has 0 aromatic heterocycles. The monoisotopic (exact) mass is 248 g/mol. The van der Waals surface area contributed by atoms with Crippen molar-refractivity contribution >= 4 is 11.6 Å². The third-order valence-electron chi connectivity index (χ3n) is 2.50. The lowest BCUT2D eigenvalue weighted by molar-refractivity contribution is 0.303. The molecule has 0 aliphatic heterocycles. The predicted molar refractivity (Wildman–Crippen MR) is 68.6 cm³/mol. The molecule has 88 valence electrons. The normalized spacial score (nSPS) is 10.2. The van der Waals surface area contributed by atoms with E-state index in [9.17, 15) is 5.11 Å².